The van der Waals surface area contributed by atoms with Crippen LogP contribution >= 0.6 is 0 Å². The van der Waals surface area contributed by atoms with Gasteiger partial charge in [0, 0.05) is 12.7 Å². The monoisotopic (exact) mass is 192 g/mol. The summed E-state index contributed by atoms with van der Waals surface area (Å²) in [5.41, 5.74) is 7.64. The van der Waals surface area contributed by atoms with Crippen molar-refractivity contribution in [1.29, 1.82) is 0 Å². The first-order valence-corrected chi connectivity index (χ1v) is 5.18. The molecule has 0 spiro atoms. The summed E-state index contributed by atoms with van der Waals surface area (Å²) in [7, 11) is 0. The van der Waals surface area contributed by atoms with Gasteiger partial charge in [-0.05, 0) is 30.9 Å². The van der Waals surface area contributed by atoms with Gasteiger partial charge in [0.1, 0.15) is 5.75 Å². The Bertz CT molecular complexity index is 321. The average Bonchev–Trinajstić information content (AvgIpc) is 3.01. The van der Waals surface area contributed by atoms with E-state index in [2.05, 4.69) is 11.9 Å². The number of hydrogen-bond acceptors (Lipinski definition) is 3. The maximum absolute atomic E-state index is 5.77. The summed E-state index contributed by atoms with van der Waals surface area (Å²) in [5.74, 6) is 0.929. The van der Waals surface area contributed by atoms with Crippen LogP contribution in [0.1, 0.15) is 31.0 Å². The topological polar surface area (TPSA) is 48.1 Å². The number of aryl methyl sites for hydroxylation is 1. The van der Waals surface area contributed by atoms with Crippen molar-refractivity contribution in [2.75, 3.05) is 0 Å². The van der Waals surface area contributed by atoms with Crippen molar-refractivity contribution >= 4 is 0 Å². The lowest BCUT2D eigenvalue weighted by Gasteiger charge is -2.09. The van der Waals surface area contributed by atoms with Gasteiger partial charge >= 0.3 is 0 Å². The second-order valence-electron chi connectivity index (χ2n) is 3.66. The highest BCUT2D eigenvalue weighted by Gasteiger charge is 2.24. The molecule has 1 aromatic heterocycles. The van der Waals surface area contributed by atoms with Gasteiger partial charge in [0.15, 0.2) is 0 Å². The fourth-order valence-electron chi connectivity index (χ4n) is 1.36. The van der Waals surface area contributed by atoms with Crippen LogP contribution in [0.25, 0.3) is 0 Å². The van der Waals surface area contributed by atoms with E-state index in [1.165, 1.54) is 12.8 Å². The van der Waals surface area contributed by atoms with Gasteiger partial charge in [-0.2, -0.15) is 0 Å². The van der Waals surface area contributed by atoms with E-state index in [-0.39, 0.29) is 0 Å². The quantitative estimate of drug-likeness (QED) is 0.789. The van der Waals surface area contributed by atoms with Crippen LogP contribution < -0.4 is 10.5 Å². The van der Waals surface area contributed by atoms with Crippen molar-refractivity contribution in [2.24, 2.45) is 5.73 Å². The van der Waals surface area contributed by atoms with Crippen molar-refractivity contribution in [1.82, 2.24) is 4.98 Å². The highest BCUT2D eigenvalue weighted by Crippen LogP contribution is 2.29. The van der Waals surface area contributed by atoms with Crippen molar-refractivity contribution < 1.29 is 4.74 Å². The SMILES string of the molecule is CCc1ncc(CN)cc1OC1CC1. The Balaban J connectivity index is 2.21. The lowest BCUT2D eigenvalue weighted by molar-refractivity contribution is 0.298. The summed E-state index contributed by atoms with van der Waals surface area (Å²) < 4.78 is 5.77. The second kappa shape index (κ2) is 3.96. The minimum absolute atomic E-state index is 0.426. The number of aromatic nitrogens is 1. The number of ether oxygens (including phenoxy) is 1. The maximum Gasteiger partial charge on any atom is 0.141 e. The smallest absolute Gasteiger partial charge is 0.141 e. The van der Waals surface area contributed by atoms with Crippen LogP contribution in [-0.4, -0.2) is 11.1 Å². The fraction of sp³-hybridized carbons (Fsp3) is 0.545. The van der Waals surface area contributed by atoms with E-state index in [1.807, 2.05) is 12.3 Å². The molecule has 3 nitrogen and oxygen atoms in total. The fourth-order valence-corrected chi connectivity index (χ4v) is 1.36. The van der Waals surface area contributed by atoms with Crippen LogP contribution in [0.4, 0.5) is 0 Å². The van der Waals surface area contributed by atoms with Crippen molar-refractivity contribution in [3.05, 3.63) is 23.5 Å². The van der Waals surface area contributed by atoms with Crippen molar-refractivity contribution in [3.8, 4) is 5.75 Å². The molecule has 0 radical (unpaired) electrons. The van der Waals surface area contributed by atoms with Crippen LogP contribution in [0.2, 0.25) is 0 Å². The molecule has 0 saturated heterocycles. The molecule has 2 N–H and O–H groups in total. The highest BCUT2D eigenvalue weighted by molar-refractivity contribution is 5.32. The summed E-state index contributed by atoms with van der Waals surface area (Å²) in [5, 5.41) is 0. The Morgan fingerprint density at radius 2 is 2.36 bits per heavy atom. The molecule has 1 aromatic rings. The molecule has 0 amide bonds. The first-order valence-electron chi connectivity index (χ1n) is 5.18. The Labute approximate surface area is 84.3 Å². The molecule has 1 heterocycles. The van der Waals surface area contributed by atoms with E-state index in [0.717, 1.165) is 23.4 Å². The van der Waals surface area contributed by atoms with E-state index < -0.39 is 0 Å². The van der Waals surface area contributed by atoms with Crippen LogP contribution in [0.15, 0.2) is 12.3 Å². The molecule has 3 heteroatoms. The Hall–Kier alpha value is -1.09. The van der Waals surface area contributed by atoms with Gasteiger partial charge in [-0.1, -0.05) is 6.92 Å². The minimum Gasteiger partial charge on any atom is -0.489 e. The van der Waals surface area contributed by atoms with Gasteiger partial charge < -0.3 is 10.5 Å². The zero-order chi connectivity index (χ0) is 9.97. The number of hydrogen-bond donors (Lipinski definition) is 1. The minimum atomic E-state index is 0.426. The lowest BCUT2D eigenvalue weighted by Crippen LogP contribution is -2.04. The lowest BCUT2D eigenvalue weighted by atomic mass is 10.2. The number of nitrogens with two attached hydrogens (primary N) is 1. The van der Waals surface area contributed by atoms with E-state index in [1.54, 1.807) is 0 Å². The normalized spacial score (nSPS) is 15.6. The third-order valence-electron chi connectivity index (χ3n) is 2.38. The Morgan fingerprint density at radius 3 is 2.93 bits per heavy atom. The number of rotatable bonds is 4. The molecule has 76 valence electrons. The van der Waals surface area contributed by atoms with E-state index in [4.69, 9.17) is 10.5 Å². The van der Waals surface area contributed by atoms with Crippen molar-refractivity contribution in [3.63, 3.8) is 0 Å². The molecular weight excluding hydrogens is 176 g/mol. The van der Waals surface area contributed by atoms with Crippen LogP contribution in [0.5, 0.6) is 5.75 Å². The molecule has 2 rings (SSSR count). The number of nitrogens with zero attached hydrogens (tertiary/aromatic N) is 1. The molecule has 0 unspecified atom stereocenters. The summed E-state index contributed by atoms with van der Waals surface area (Å²) in [6, 6.07) is 2.02. The summed E-state index contributed by atoms with van der Waals surface area (Å²) in [6.45, 7) is 2.61. The third-order valence-corrected chi connectivity index (χ3v) is 2.38. The standard InChI is InChI=1S/C11H16N2O/c1-2-10-11(14-9-3-4-9)5-8(6-12)7-13-10/h5,7,9H,2-4,6,12H2,1H3. The Kier molecular flexibility index (Phi) is 2.68. The molecule has 0 aromatic carbocycles. The van der Waals surface area contributed by atoms with Crippen molar-refractivity contribution in [2.45, 2.75) is 38.8 Å². The average molecular weight is 192 g/mol. The molecular formula is C11H16N2O. The molecule has 0 aliphatic heterocycles. The van der Waals surface area contributed by atoms with E-state index in [9.17, 15) is 0 Å². The maximum atomic E-state index is 5.77. The highest BCUT2D eigenvalue weighted by atomic mass is 16.5. The van der Waals surface area contributed by atoms with E-state index >= 15 is 0 Å². The summed E-state index contributed by atoms with van der Waals surface area (Å²) in [6.07, 6.45) is 5.52. The van der Waals surface area contributed by atoms with Crippen LogP contribution in [-0.2, 0) is 13.0 Å². The predicted molar refractivity (Wildman–Crippen MR) is 55.2 cm³/mol. The van der Waals surface area contributed by atoms with Gasteiger partial charge in [-0.25, -0.2) is 0 Å². The molecule has 0 bridgehead atoms. The first-order chi connectivity index (χ1) is 6.83. The molecule has 1 fully saturated rings. The van der Waals surface area contributed by atoms with Gasteiger partial charge in [0.25, 0.3) is 0 Å². The summed E-state index contributed by atoms with van der Waals surface area (Å²) >= 11 is 0. The van der Waals surface area contributed by atoms with Gasteiger partial charge in [0.05, 0.1) is 11.8 Å². The number of pyridine rings is 1. The zero-order valence-electron chi connectivity index (χ0n) is 8.49. The third kappa shape index (κ3) is 2.04. The van der Waals surface area contributed by atoms with Gasteiger partial charge in [0.2, 0.25) is 0 Å². The molecule has 1 aliphatic carbocycles. The zero-order valence-corrected chi connectivity index (χ0v) is 8.49. The molecule has 1 aliphatic rings. The van der Waals surface area contributed by atoms with Gasteiger partial charge in [-0.3, -0.25) is 4.98 Å². The first kappa shape index (κ1) is 9.46. The summed E-state index contributed by atoms with van der Waals surface area (Å²) in [4.78, 5) is 4.34. The van der Waals surface area contributed by atoms with Gasteiger partial charge in [-0.15, -0.1) is 0 Å². The van der Waals surface area contributed by atoms with Crippen LogP contribution in [0, 0.1) is 0 Å². The molecule has 1 saturated carbocycles. The predicted octanol–water partition coefficient (Wildman–Crippen LogP) is 1.64. The van der Waals surface area contributed by atoms with Crippen LogP contribution in [0.3, 0.4) is 0 Å². The van der Waals surface area contributed by atoms with E-state index in [0.29, 0.717) is 12.6 Å². The molecule has 14 heavy (non-hydrogen) atoms. The second-order valence-corrected chi connectivity index (χ2v) is 3.66. The Morgan fingerprint density at radius 1 is 1.57 bits per heavy atom. The molecule has 0 atom stereocenters. The largest absolute Gasteiger partial charge is 0.489 e.